The van der Waals surface area contributed by atoms with Gasteiger partial charge in [0.1, 0.15) is 10.8 Å². The number of carbonyl (C=O) groups excluding carboxylic acids is 1. The van der Waals surface area contributed by atoms with Crippen molar-refractivity contribution >= 4 is 23.5 Å². The molecule has 18 heavy (non-hydrogen) atoms. The van der Waals surface area contributed by atoms with Crippen LogP contribution in [0.15, 0.2) is 35.1 Å². The Morgan fingerprint density at radius 3 is 2.89 bits per heavy atom. The summed E-state index contributed by atoms with van der Waals surface area (Å²) in [5.74, 6) is 1.63. The molecular weight excluding hydrogens is 248 g/mol. The smallest absolute Gasteiger partial charge is 0.324 e. The van der Waals surface area contributed by atoms with E-state index in [2.05, 4.69) is 10.6 Å². The predicted octanol–water partition coefficient (Wildman–Crippen LogP) is 3.07. The fourth-order valence-electron chi connectivity index (χ4n) is 1.62. The lowest BCUT2D eigenvalue weighted by molar-refractivity contribution is 0.225. The lowest BCUT2D eigenvalue weighted by Gasteiger charge is -2.19. The monoisotopic (exact) mass is 264 g/mol. The summed E-state index contributed by atoms with van der Waals surface area (Å²) < 4.78 is 5.38. The molecule has 2 rings (SSSR count). The fourth-order valence-corrected chi connectivity index (χ4v) is 2.42. The molecule has 2 N–H and O–H groups in total. The summed E-state index contributed by atoms with van der Waals surface area (Å²) in [7, 11) is 0. The van der Waals surface area contributed by atoms with E-state index in [0.717, 1.165) is 27.8 Å². The molecule has 0 unspecified atom stereocenters. The van der Waals surface area contributed by atoms with Crippen molar-refractivity contribution in [2.24, 2.45) is 0 Å². The van der Waals surface area contributed by atoms with Crippen LogP contribution < -0.4 is 10.6 Å². The number of amides is 2. The van der Waals surface area contributed by atoms with Crippen molar-refractivity contribution < 1.29 is 9.53 Å². The fraction of sp³-hybridized carbons (Fsp3) is 0.308. The zero-order valence-corrected chi connectivity index (χ0v) is 11.3. The average Bonchev–Trinajstić information content (AvgIpc) is 2.32. The summed E-state index contributed by atoms with van der Waals surface area (Å²) in [6, 6.07) is 7.44. The molecule has 1 aromatic rings. The van der Waals surface area contributed by atoms with Gasteiger partial charge in [-0.05, 0) is 31.5 Å². The molecule has 96 valence electrons. The first-order chi connectivity index (χ1) is 8.65. The third-order valence-corrected chi connectivity index (χ3v) is 3.52. The highest BCUT2D eigenvalue weighted by molar-refractivity contribution is 8.03. The van der Waals surface area contributed by atoms with E-state index in [1.54, 1.807) is 11.8 Å². The third-order valence-electron chi connectivity index (χ3n) is 2.47. The van der Waals surface area contributed by atoms with Gasteiger partial charge in [0.2, 0.25) is 0 Å². The maximum atomic E-state index is 11.8. The van der Waals surface area contributed by atoms with Crippen LogP contribution in [0.3, 0.4) is 0 Å². The van der Waals surface area contributed by atoms with Crippen LogP contribution in [-0.4, -0.2) is 18.4 Å². The predicted molar refractivity (Wildman–Crippen MR) is 74.4 cm³/mol. The molecule has 1 aromatic carbocycles. The van der Waals surface area contributed by atoms with Crippen molar-refractivity contribution in [3.05, 3.63) is 40.6 Å². The van der Waals surface area contributed by atoms with Crippen LogP contribution in [0, 0.1) is 6.92 Å². The van der Waals surface area contributed by atoms with Gasteiger partial charge in [-0.2, -0.15) is 0 Å². The van der Waals surface area contributed by atoms with Gasteiger partial charge in [-0.15, -0.1) is 11.8 Å². The first kappa shape index (κ1) is 12.8. The highest BCUT2D eigenvalue weighted by atomic mass is 32.2. The second-order valence-corrected chi connectivity index (χ2v) is 5.14. The SMILES string of the molecule is CC1=C(NC(=O)Nc2cccc(C)c2)SCCO1. The minimum atomic E-state index is -0.243. The molecule has 0 saturated heterocycles. The van der Waals surface area contributed by atoms with Crippen LogP contribution in [0.2, 0.25) is 0 Å². The van der Waals surface area contributed by atoms with Gasteiger partial charge in [-0.1, -0.05) is 12.1 Å². The summed E-state index contributed by atoms with van der Waals surface area (Å²) >= 11 is 1.60. The molecule has 0 spiro atoms. The zero-order valence-electron chi connectivity index (χ0n) is 10.4. The molecule has 0 bridgehead atoms. The summed E-state index contributed by atoms with van der Waals surface area (Å²) in [5.41, 5.74) is 1.89. The van der Waals surface area contributed by atoms with E-state index in [1.165, 1.54) is 0 Å². The Morgan fingerprint density at radius 1 is 1.33 bits per heavy atom. The number of rotatable bonds is 2. The van der Waals surface area contributed by atoms with Crippen molar-refractivity contribution in [2.45, 2.75) is 13.8 Å². The van der Waals surface area contributed by atoms with Crippen LogP contribution in [0.5, 0.6) is 0 Å². The highest BCUT2D eigenvalue weighted by Crippen LogP contribution is 2.22. The normalized spacial score (nSPS) is 15.0. The highest BCUT2D eigenvalue weighted by Gasteiger charge is 2.13. The Hall–Kier alpha value is -1.62. The van der Waals surface area contributed by atoms with E-state index in [1.807, 2.05) is 38.1 Å². The van der Waals surface area contributed by atoms with Crippen LogP contribution >= 0.6 is 11.8 Å². The number of hydrogen-bond donors (Lipinski definition) is 2. The Bertz CT molecular complexity index is 486. The third kappa shape index (κ3) is 3.43. The minimum absolute atomic E-state index is 0.243. The molecular formula is C13H16N2O2S. The first-order valence-corrected chi connectivity index (χ1v) is 6.75. The topological polar surface area (TPSA) is 50.4 Å². The van der Waals surface area contributed by atoms with Crippen LogP contribution in [0.1, 0.15) is 12.5 Å². The van der Waals surface area contributed by atoms with Crippen molar-refractivity contribution in [2.75, 3.05) is 17.7 Å². The number of allylic oxidation sites excluding steroid dienone is 1. The van der Waals surface area contributed by atoms with Crippen molar-refractivity contribution in [3.8, 4) is 0 Å². The van der Waals surface area contributed by atoms with Crippen LogP contribution in [0.4, 0.5) is 10.5 Å². The maximum absolute atomic E-state index is 11.8. The molecule has 2 amide bonds. The molecule has 4 nitrogen and oxygen atoms in total. The maximum Gasteiger partial charge on any atom is 0.324 e. The van der Waals surface area contributed by atoms with E-state index in [9.17, 15) is 4.79 Å². The number of benzene rings is 1. The molecule has 0 atom stereocenters. The molecule has 1 heterocycles. The quantitative estimate of drug-likeness (QED) is 0.863. The van der Waals surface area contributed by atoms with Gasteiger partial charge in [0.05, 0.1) is 6.61 Å². The van der Waals surface area contributed by atoms with E-state index >= 15 is 0 Å². The standard InChI is InChI=1S/C13H16N2O2S/c1-9-4-3-5-11(8-9)14-13(16)15-12-10(2)17-6-7-18-12/h3-5,8H,6-7H2,1-2H3,(H2,14,15,16). The Morgan fingerprint density at radius 2 is 2.17 bits per heavy atom. The van der Waals surface area contributed by atoms with Crippen molar-refractivity contribution in [1.29, 1.82) is 0 Å². The summed E-state index contributed by atoms with van der Waals surface area (Å²) in [6.45, 7) is 4.54. The van der Waals surface area contributed by atoms with Gasteiger partial charge in [-0.3, -0.25) is 5.32 Å². The number of urea groups is 1. The lowest BCUT2D eigenvalue weighted by Crippen LogP contribution is -2.29. The van der Waals surface area contributed by atoms with E-state index < -0.39 is 0 Å². The number of carbonyl (C=O) groups is 1. The van der Waals surface area contributed by atoms with Crippen molar-refractivity contribution in [1.82, 2.24) is 5.32 Å². The molecule has 0 aliphatic carbocycles. The van der Waals surface area contributed by atoms with E-state index in [-0.39, 0.29) is 6.03 Å². The number of anilines is 1. The Kier molecular flexibility index (Phi) is 4.15. The minimum Gasteiger partial charge on any atom is -0.495 e. The largest absolute Gasteiger partial charge is 0.495 e. The average molecular weight is 264 g/mol. The van der Waals surface area contributed by atoms with E-state index in [0.29, 0.717) is 6.61 Å². The molecule has 0 radical (unpaired) electrons. The summed E-state index contributed by atoms with van der Waals surface area (Å²) in [6.07, 6.45) is 0. The number of hydrogen-bond acceptors (Lipinski definition) is 3. The Balaban J connectivity index is 1.97. The second kappa shape index (κ2) is 5.82. The summed E-state index contributed by atoms with van der Waals surface area (Å²) in [5, 5.41) is 6.39. The van der Waals surface area contributed by atoms with Gasteiger partial charge >= 0.3 is 6.03 Å². The van der Waals surface area contributed by atoms with Crippen LogP contribution in [-0.2, 0) is 4.74 Å². The first-order valence-electron chi connectivity index (χ1n) is 5.76. The molecule has 0 saturated carbocycles. The Labute approximate surface area is 111 Å². The number of nitrogens with one attached hydrogen (secondary N) is 2. The molecule has 1 aliphatic rings. The van der Waals surface area contributed by atoms with Gasteiger partial charge < -0.3 is 10.1 Å². The van der Waals surface area contributed by atoms with Gasteiger partial charge in [-0.25, -0.2) is 4.79 Å². The lowest BCUT2D eigenvalue weighted by atomic mass is 10.2. The molecule has 0 aromatic heterocycles. The second-order valence-electron chi connectivity index (χ2n) is 4.03. The van der Waals surface area contributed by atoms with Gasteiger partial charge in [0.25, 0.3) is 0 Å². The van der Waals surface area contributed by atoms with Crippen LogP contribution in [0.25, 0.3) is 0 Å². The van der Waals surface area contributed by atoms with Crippen molar-refractivity contribution in [3.63, 3.8) is 0 Å². The summed E-state index contributed by atoms with van der Waals surface area (Å²) in [4.78, 5) is 11.8. The molecule has 0 fully saturated rings. The van der Waals surface area contributed by atoms with Gasteiger partial charge in [0, 0.05) is 11.4 Å². The molecule has 1 aliphatic heterocycles. The molecule has 5 heteroatoms. The van der Waals surface area contributed by atoms with Gasteiger partial charge in [0.15, 0.2) is 0 Å². The number of aryl methyl sites for hydroxylation is 1. The number of thioether (sulfide) groups is 1. The zero-order chi connectivity index (χ0) is 13.0. The number of ether oxygens (including phenoxy) is 1. The van der Waals surface area contributed by atoms with E-state index in [4.69, 9.17) is 4.74 Å².